The van der Waals surface area contributed by atoms with Crippen molar-refractivity contribution >= 4 is 27.7 Å². The molecular weight excluding hydrogens is 336 g/mol. The minimum Gasteiger partial charge on any atom is -0.490 e. The van der Waals surface area contributed by atoms with Crippen LogP contribution in [-0.2, 0) is 15.1 Å². The highest BCUT2D eigenvalue weighted by molar-refractivity contribution is 9.10. The molecule has 4 rings (SSSR count). The smallest absolute Gasteiger partial charge is 0.283 e. The van der Waals surface area contributed by atoms with Gasteiger partial charge in [0.15, 0.2) is 0 Å². The Morgan fingerprint density at radius 2 is 2.29 bits per heavy atom. The predicted molar refractivity (Wildman–Crippen MR) is 80.2 cm³/mol. The van der Waals surface area contributed by atoms with E-state index in [0.717, 1.165) is 22.2 Å². The van der Waals surface area contributed by atoms with Crippen LogP contribution in [-0.4, -0.2) is 24.5 Å². The Hall–Kier alpha value is -1.56. The summed E-state index contributed by atoms with van der Waals surface area (Å²) in [5.74, 6) is 1.07. The van der Waals surface area contributed by atoms with Gasteiger partial charge in [-0.15, -0.1) is 0 Å². The number of ether oxygens (including phenoxy) is 2. The van der Waals surface area contributed by atoms with Crippen LogP contribution in [0.3, 0.4) is 0 Å². The van der Waals surface area contributed by atoms with Gasteiger partial charge in [-0.05, 0) is 24.6 Å². The molecule has 21 heavy (non-hydrogen) atoms. The van der Waals surface area contributed by atoms with Gasteiger partial charge in [-0.25, -0.2) is 4.99 Å². The number of nitrogens with zero attached hydrogens (tertiary/aromatic N) is 1. The van der Waals surface area contributed by atoms with Gasteiger partial charge in [-0.1, -0.05) is 15.9 Å². The fraction of sp³-hybridized carbons (Fsp3) is 0.467. The molecule has 0 aromatic heterocycles. The van der Waals surface area contributed by atoms with Crippen molar-refractivity contribution in [2.24, 2.45) is 16.6 Å². The van der Waals surface area contributed by atoms with Crippen molar-refractivity contribution < 1.29 is 14.3 Å². The molecule has 110 valence electrons. The van der Waals surface area contributed by atoms with Gasteiger partial charge in [0.25, 0.3) is 6.02 Å². The van der Waals surface area contributed by atoms with Gasteiger partial charge in [0, 0.05) is 28.8 Å². The summed E-state index contributed by atoms with van der Waals surface area (Å²) < 4.78 is 12.5. The fourth-order valence-electron chi connectivity index (χ4n) is 3.68. The number of carbonyl (C=O) groups excluding carboxylic acids is 1. The zero-order valence-corrected chi connectivity index (χ0v) is 12.9. The molecule has 1 fully saturated rings. The number of hydrogen-bond donors (Lipinski definition) is 1. The number of Topliss-reactive ketones (excluding diaryl/α,β-unsaturated/α-hetero) is 1. The van der Waals surface area contributed by atoms with Crippen LogP contribution >= 0.6 is 15.9 Å². The molecule has 1 aliphatic carbocycles. The Morgan fingerprint density at radius 1 is 1.43 bits per heavy atom. The number of amidine groups is 1. The number of aliphatic imine (C=N–C) groups is 1. The Balaban J connectivity index is 1.91. The van der Waals surface area contributed by atoms with Gasteiger partial charge >= 0.3 is 0 Å². The number of rotatable bonds is 0. The normalized spacial score (nSPS) is 33.8. The first-order valence-corrected chi connectivity index (χ1v) is 7.84. The van der Waals surface area contributed by atoms with Crippen molar-refractivity contribution in [1.82, 2.24) is 0 Å². The quantitative estimate of drug-likeness (QED) is 0.777. The molecule has 0 radical (unpaired) electrons. The zero-order valence-electron chi connectivity index (χ0n) is 11.3. The molecule has 0 amide bonds. The molecule has 3 atom stereocenters. The highest BCUT2D eigenvalue weighted by atomic mass is 79.9. The minimum absolute atomic E-state index is 0.00498. The molecule has 2 aliphatic heterocycles. The lowest BCUT2D eigenvalue weighted by molar-refractivity contribution is -0.126. The van der Waals surface area contributed by atoms with Gasteiger partial charge in [-0.2, -0.15) is 0 Å². The zero-order chi connectivity index (χ0) is 14.6. The molecule has 1 aromatic rings. The summed E-state index contributed by atoms with van der Waals surface area (Å²) in [6, 6.07) is 6.08. The third kappa shape index (κ3) is 1.88. The van der Waals surface area contributed by atoms with Crippen molar-refractivity contribution in [1.29, 1.82) is 0 Å². The summed E-state index contributed by atoms with van der Waals surface area (Å²) in [4.78, 5) is 16.5. The lowest BCUT2D eigenvalue weighted by Gasteiger charge is -2.45. The first-order chi connectivity index (χ1) is 10.1. The number of halogens is 1. The maximum atomic E-state index is 11.9. The summed E-state index contributed by atoms with van der Waals surface area (Å²) in [5.41, 5.74) is 6.14. The summed E-state index contributed by atoms with van der Waals surface area (Å²) in [7, 11) is 0. The lowest BCUT2D eigenvalue weighted by atomic mass is 9.68. The van der Waals surface area contributed by atoms with E-state index in [1.807, 2.05) is 18.2 Å². The summed E-state index contributed by atoms with van der Waals surface area (Å²) in [6.07, 6.45) is 1.77. The first-order valence-electron chi connectivity index (χ1n) is 7.05. The Morgan fingerprint density at radius 3 is 3.05 bits per heavy atom. The number of hydrogen-bond acceptors (Lipinski definition) is 5. The molecule has 0 saturated heterocycles. The molecule has 0 bridgehead atoms. The number of benzene rings is 1. The van der Waals surface area contributed by atoms with E-state index in [1.54, 1.807) is 0 Å². The molecule has 5 nitrogen and oxygen atoms in total. The van der Waals surface area contributed by atoms with Crippen LogP contribution < -0.4 is 10.5 Å². The van der Waals surface area contributed by atoms with E-state index in [2.05, 4.69) is 20.9 Å². The number of nitrogens with two attached hydrogens (primary N) is 1. The Kier molecular flexibility index (Phi) is 2.79. The molecule has 1 aromatic carbocycles. The van der Waals surface area contributed by atoms with Crippen molar-refractivity contribution in [3.8, 4) is 5.75 Å². The summed E-state index contributed by atoms with van der Waals surface area (Å²) in [6.45, 7) is 0.375. The van der Waals surface area contributed by atoms with E-state index in [1.165, 1.54) is 0 Å². The molecule has 1 spiro atoms. The number of fused-ring (bicyclic) bond motifs is 4. The average Bonchev–Trinajstić information content (AvgIpc) is 2.84. The Labute approximate surface area is 130 Å². The van der Waals surface area contributed by atoms with Crippen LogP contribution in [0.25, 0.3) is 0 Å². The molecule has 0 unspecified atom stereocenters. The van der Waals surface area contributed by atoms with Gasteiger partial charge in [0.05, 0.1) is 0 Å². The van der Waals surface area contributed by atoms with Crippen molar-refractivity contribution in [3.63, 3.8) is 0 Å². The van der Waals surface area contributed by atoms with E-state index >= 15 is 0 Å². The maximum Gasteiger partial charge on any atom is 0.283 e. The number of ketones is 1. The van der Waals surface area contributed by atoms with Gasteiger partial charge in [0.1, 0.15) is 29.8 Å². The van der Waals surface area contributed by atoms with Gasteiger partial charge < -0.3 is 15.2 Å². The van der Waals surface area contributed by atoms with Crippen molar-refractivity contribution in [2.75, 3.05) is 6.61 Å². The maximum absolute atomic E-state index is 11.9. The average molecular weight is 351 g/mol. The summed E-state index contributed by atoms with van der Waals surface area (Å²) in [5, 5.41) is 0. The SMILES string of the molecule is NC1=N[C@@]2(CO1)c1cc(Br)ccc1O[C@H]1CCC(=O)C[C@@H]12. The van der Waals surface area contributed by atoms with Crippen LogP contribution in [0.4, 0.5) is 0 Å². The second-order valence-electron chi connectivity index (χ2n) is 5.85. The lowest BCUT2D eigenvalue weighted by Crippen LogP contribution is -2.51. The van der Waals surface area contributed by atoms with Crippen LogP contribution in [0.1, 0.15) is 24.8 Å². The van der Waals surface area contributed by atoms with E-state index < -0.39 is 5.54 Å². The predicted octanol–water partition coefficient (Wildman–Crippen LogP) is 2.12. The first kappa shape index (κ1) is 13.1. The van der Waals surface area contributed by atoms with E-state index in [0.29, 0.717) is 19.4 Å². The minimum atomic E-state index is -0.595. The topological polar surface area (TPSA) is 73.9 Å². The highest BCUT2D eigenvalue weighted by Gasteiger charge is 2.55. The fourth-order valence-corrected chi connectivity index (χ4v) is 4.04. The molecule has 2 N–H and O–H groups in total. The van der Waals surface area contributed by atoms with E-state index in [-0.39, 0.29) is 23.8 Å². The van der Waals surface area contributed by atoms with Crippen LogP contribution in [0.2, 0.25) is 0 Å². The van der Waals surface area contributed by atoms with Crippen LogP contribution in [0.15, 0.2) is 27.7 Å². The van der Waals surface area contributed by atoms with Crippen LogP contribution in [0.5, 0.6) is 5.75 Å². The van der Waals surface area contributed by atoms with Crippen molar-refractivity contribution in [3.05, 3.63) is 28.2 Å². The monoisotopic (exact) mass is 350 g/mol. The molecule has 2 heterocycles. The summed E-state index contributed by atoms with van der Waals surface area (Å²) >= 11 is 3.49. The van der Waals surface area contributed by atoms with Crippen molar-refractivity contribution in [2.45, 2.75) is 30.9 Å². The third-order valence-electron chi connectivity index (χ3n) is 4.65. The highest BCUT2D eigenvalue weighted by Crippen LogP contribution is 2.52. The standard InChI is InChI=1S/C15H15BrN2O3/c16-8-1-3-12-10(5-8)15(7-20-14(17)18-15)11-6-9(19)2-4-13(11)21-12/h1,3,5,11,13H,2,4,6-7H2,(H2,17,18)/t11-,13-,15-/m0/s1. The molecule has 6 heteroatoms. The largest absolute Gasteiger partial charge is 0.490 e. The second-order valence-corrected chi connectivity index (χ2v) is 6.76. The van der Waals surface area contributed by atoms with E-state index in [4.69, 9.17) is 15.2 Å². The number of carbonyl (C=O) groups is 1. The van der Waals surface area contributed by atoms with Gasteiger partial charge in [-0.3, -0.25) is 4.79 Å². The molecule has 3 aliphatic rings. The molecular formula is C15H15BrN2O3. The van der Waals surface area contributed by atoms with Gasteiger partial charge in [0.2, 0.25) is 0 Å². The van der Waals surface area contributed by atoms with E-state index in [9.17, 15) is 4.79 Å². The second kappa shape index (κ2) is 4.47. The van der Waals surface area contributed by atoms with Crippen LogP contribution in [0, 0.1) is 5.92 Å². The third-order valence-corrected chi connectivity index (χ3v) is 5.15. The molecule has 1 saturated carbocycles. The Bertz CT molecular complexity index is 660.